The molecule has 0 saturated carbocycles. The quantitative estimate of drug-likeness (QED) is 0.199. The van der Waals surface area contributed by atoms with Crippen molar-refractivity contribution < 1.29 is 31.5 Å². The minimum absolute atomic E-state index is 0.00181. The summed E-state index contributed by atoms with van der Waals surface area (Å²) >= 11 is 0. The average molecular weight is 515 g/mol. The molecule has 0 radical (unpaired) electrons. The standard InChI is InChI=1S/C25H18F5N5O2/c1-11-33-21-17(34(11)2)9-14(25(28,29)30)19(23(21)37-3)13-5-4-6-35-18(10-32-24(13)35)22(36)12-7-15(26)20(31)16(27)8-12/h4-10H,31H2,1-3H3. The van der Waals surface area contributed by atoms with Crippen LogP contribution in [0.15, 0.2) is 42.7 Å². The van der Waals surface area contributed by atoms with E-state index in [4.69, 9.17) is 10.5 Å². The SMILES string of the molecule is COc1c(-c2cccn3c(C(=O)c4cc(F)c(N)c(F)c4)cnc23)c(C(F)(F)F)cc2c1nc(C)n2C. The van der Waals surface area contributed by atoms with Crippen LogP contribution in [0, 0.1) is 18.6 Å². The lowest BCUT2D eigenvalue weighted by Crippen LogP contribution is -2.10. The number of carbonyl (C=O) groups excluding carboxylic acids is 1. The van der Waals surface area contributed by atoms with Crippen LogP contribution in [-0.2, 0) is 13.2 Å². The maximum absolute atomic E-state index is 14.3. The summed E-state index contributed by atoms with van der Waals surface area (Å²) in [7, 11) is 2.84. The second-order valence-corrected chi connectivity index (χ2v) is 8.36. The number of hydrogen-bond donors (Lipinski definition) is 1. The van der Waals surface area contributed by atoms with Crippen LogP contribution in [0.3, 0.4) is 0 Å². The van der Waals surface area contributed by atoms with E-state index in [1.54, 1.807) is 14.0 Å². The molecule has 37 heavy (non-hydrogen) atoms. The number of ether oxygens (including phenoxy) is 1. The molecule has 3 heterocycles. The molecule has 0 fully saturated rings. The number of anilines is 1. The van der Waals surface area contributed by atoms with Crippen molar-refractivity contribution in [2.45, 2.75) is 13.1 Å². The molecule has 190 valence electrons. The van der Waals surface area contributed by atoms with Gasteiger partial charge >= 0.3 is 6.18 Å². The van der Waals surface area contributed by atoms with Crippen LogP contribution >= 0.6 is 0 Å². The maximum atomic E-state index is 14.3. The Balaban J connectivity index is 1.79. The number of pyridine rings is 1. The van der Waals surface area contributed by atoms with Gasteiger partial charge in [-0.25, -0.2) is 18.7 Å². The Bertz CT molecular complexity index is 1710. The van der Waals surface area contributed by atoms with Crippen molar-refractivity contribution in [1.82, 2.24) is 18.9 Å². The number of nitrogens with zero attached hydrogens (tertiary/aromatic N) is 4. The summed E-state index contributed by atoms with van der Waals surface area (Å²) in [6.45, 7) is 1.66. The van der Waals surface area contributed by atoms with E-state index in [2.05, 4.69) is 9.97 Å². The number of rotatable bonds is 4. The van der Waals surface area contributed by atoms with Gasteiger partial charge in [0.15, 0.2) is 5.75 Å². The van der Waals surface area contributed by atoms with Crippen LogP contribution < -0.4 is 10.5 Å². The van der Waals surface area contributed by atoms with Crippen molar-refractivity contribution in [2.24, 2.45) is 7.05 Å². The van der Waals surface area contributed by atoms with Crippen LogP contribution in [0.5, 0.6) is 5.75 Å². The molecule has 5 rings (SSSR count). The van der Waals surface area contributed by atoms with Gasteiger partial charge in [0.25, 0.3) is 0 Å². The number of nitrogen functional groups attached to an aromatic ring is 1. The zero-order valence-electron chi connectivity index (χ0n) is 19.6. The third-order valence-corrected chi connectivity index (χ3v) is 6.24. The highest BCUT2D eigenvalue weighted by Gasteiger charge is 2.38. The van der Waals surface area contributed by atoms with E-state index in [-0.39, 0.29) is 44.8 Å². The highest BCUT2D eigenvalue weighted by Crippen LogP contribution is 2.47. The van der Waals surface area contributed by atoms with E-state index < -0.39 is 34.8 Å². The summed E-state index contributed by atoms with van der Waals surface area (Å²) in [5.41, 5.74) is 3.27. The zero-order valence-corrected chi connectivity index (χ0v) is 19.6. The summed E-state index contributed by atoms with van der Waals surface area (Å²) in [5, 5.41) is 0. The Morgan fingerprint density at radius 1 is 1.14 bits per heavy atom. The van der Waals surface area contributed by atoms with E-state index in [1.165, 1.54) is 34.4 Å². The first-order chi connectivity index (χ1) is 17.4. The van der Waals surface area contributed by atoms with Crippen molar-refractivity contribution in [3.8, 4) is 16.9 Å². The number of carbonyl (C=O) groups is 1. The van der Waals surface area contributed by atoms with Gasteiger partial charge in [0, 0.05) is 29.9 Å². The molecular weight excluding hydrogens is 497 g/mol. The number of hydrogen-bond acceptors (Lipinski definition) is 5. The fraction of sp³-hybridized carbons (Fsp3) is 0.160. The number of nitrogens with two attached hydrogens (primary N) is 1. The normalized spacial score (nSPS) is 12.0. The predicted molar refractivity (Wildman–Crippen MR) is 125 cm³/mol. The van der Waals surface area contributed by atoms with Gasteiger partial charge in [-0.1, -0.05) is 0 Å². The third kappa shape index (κ3) is 3.67. The Labute approximate surface area is 205 Å². The smallest absolute Gasteiger partial charge is 0.417 e. The molecule has 7 nitrogen and oxygen atoms in total. The van der Waals surface area contributed by atoms with E-state index in [0.717, 1.165) is 24.4 Å². The predicted octanol–water partition coefficient (Wildman–Crippen LogP) is 5.32. The number of fused-ring (bicyclic) bond motifs is 2. The van der Waals surface area contributed by atoms with Crippen molar-refractivity contribution in [1.29, 1.82) is 0 Å². The van der Waals surface area contributed by atoms with Gasteiger partial charge < -0.3 is 15.0 Å². The highest BCUT2D eigenvalue weighted by atomic mass is 19.4. The first-order valence-electron chi connectivity index (χ1n) is 10.8. The topological polar surface area (TPSA) is 87.4 Å². The Kier molecular flexibility index (Phi) is 5.43. The van der Waals surface area contributed by atoms with Crippen LogP contribution in [0.1, 0.15) is 27.4 Å². The van der Waals surface area contributed by atoms with E-state index in [1.807, 2.05) is 0 Å². The zero-order chi connectivity index (χ0) is 26.8. The number of ketones is 1. The third-order valence-electron chi connectivity index (χ3n) is 6.24. The summed E-state index contributed by atoms with van der Waals surface area (Å²) in [4.78, 5) is 21.7. The van der Waals surface area contributed by atoms with E-state index >= 15 is 0 Å². The van der Waals surface area contributed by atoms with E-state index in [9.17, 15) is 26.7 Å². The van der Waals surface area contributed by atoms with Gasteiger partial charge in [-0.2, -0.15) is 13.2 Å². The second kappa shape index (κ2) is 8.29. The molecule has 0 amide bonds. The lowest BCUT2D eigenvalue weighted by Gasteiger charge is -2.18. The fourth-order valence-corrected chi connectivity index (χ4v) is 4.34. The van der Waals surface area contributed by atoms with Gasteiger partial charge in [0.1, 0.15) is 40.0 Å². The van der Waals surface area contributed by atoms with Crippen molar-refractivity contribution in [2.75, 3.05) is 12.8 Å². The van der Waals surface area contributed by atoms with Crippen molar-refractivity contribution >= 4 is 28.2 Å². The second-order valence-electron chi connectivity index (χ2n) is 8.36. The van der Waals surface area contributed by atoms with Gasteiger partial charge in [-0.3, -0.25) is 9.20 Å². The highest BCUT2D eigenvalue weighted by molar-refractivity contribution is 6.09. The first kappa shape index (κ1) is 24.2. The summed E-state index contributed by atoms with van der Waals surface area (Å²) < 4.78 is 79.2. The molecule has 0 aliphatic rings. The molecule has 3 aromatic heterocycles. The molecule has 0 unspecified atom stereocenters. The van der Waals surface area contributed by atoms with Crippen LogP contribution in [0.25, 0.3) is 27.8 Å². The molecule has 12 heteroatoms. The summed E-state index contributed by atoms with van der Waals surface area (Å²) in [6.07, 6.45) is -2.24. The number of methoxy groups -OCH3 is 1. The molecule has 0 saturated heterocycles. The number of imidazole rings is 2. The van der Waals surface area contributed by atoms with Gasteiger partial charge in [0.05, 0.1) is 24.4 Å². The van der Waals surface area contributed by atoms with Crippen molar-refractivity contribution in [3.05, 3.63) is 77.0 Å². The van der Waals surface area contributed by atoms with Crippen molar-refractivity contribution in [3.63, 3.8) is 0 Å². The van der Waals surface area contributed by atoms with Gasteiger partial charge in [-0.15, -0.1) is 0 Å². The molecular formula is C25H18F5N5O2. The number of aryl methyl sites for hydroxylation is 2. The first-order valence-corrected chi connectivity index (χ1v) is 10.8. The number of halogens is 5. The Hall–Kier alpha value is -4.48. The Morgan fingerprint density at radius 3 is 2.43 bits per heavy atom. The lowest BCUT2D eigenvalue weighted by molar-refractivity contribution is -0.137. The average Bonchev–Trinajstić information content (AvgIpc) is 3.40. The molecule has 0 aliphatic heterocycles. The summed E-state index contributed by atoms with van der Waals surface area (Å²) in [6, 6.07) is 5.40. The maximum Gasteiger partial charge on any atom is 0.417 e. The fourth-order valence-electron chi connectivity index (χ4n) is 4.34. The lowest BCUT2D eigenvalue weighted by atomic mass is 9.97. The summed E-state index contributed by atoms with van der Waals surface area (Å²) in [5.74, 6) is -2.66. The van der Waals surface area contributed by atoms with Crippen LogP contribution in [0.4, 0.5) is 27.6 Å². The monoisotopic (exact) mass is 515 g/mol. The number of alkyl halides is 3. The molecule has 0 bridgehead atoms. The Morgan fingerprint density at radius 2 is 1.81 bits per heavy atom. The largest absolute Gasteiger partial charge is 0.494 e. The van der Waals surface area contributed by atoms with E-state index in [0.29, 0.717) is 5.82 Å². The van der Waals surface area contributed by atoms with Crippen LogP contribution in [-0.4, -0.2) is 31.8 Å². The number of aromatic nitrogens is 4. The molecule has 2 N–H and O–H groups in total. The minimum atomic E-state index is -4.77. The minimum Gasteiger partial charge on any atom is -0.494 e. The van der Waals surface area contributed by atoms with Gasteiger partial charge in [-0.05, 0) is 37.3 Å². The molecule has 2 aromatic carbocycles. The molecule has 5 aromatic rings. The van der Waals surface area contributed by atoms with Crippen LogP contribution in [0.2, 0.25) is 0 Å². The van der Waals surface area contributed by atoms with Gasteiger partial charge in [0.2, 0.25) is 5.78 Å². The number of benzene rings is 2. The molecule has 0 aliphatic carbocycles. The molecule has 0 spiro atoms. The molecule has 0 atom stereocenters.